The number of rotatable bonds is 5. The van der Waals surface area contributed by atoms with Crippen molar-refractivity contribution in [1.29, 1.82) is 0 Å². The smallest absolute Gasteiger partial charge is 0.356 e. The molecule has 33 heavy (non-hydrogen) atoms. The second kappa shape index (κ2) is 7.97. The van der Waals surface area contributed by atoms with Crippen LogP contribution in [0.3, 0.4) is 0 Å². The highest BCUT2D eigenvalue weighted by molar-refractivity contribution is 5.86. The average Bonchev–Trinajstić information content (AvgIpc) is 3.18. The number of aromatic hydroxyl groups is 2. The molecule has 10 heteroatoms. The van der Waals surface area contributed by atoms with Crippen molar-refractivity contribution >= 4 is 34.2 Å². The van der Waals surface area contributed by atoms with E-state index in [1.165, 1.54) is 35.6 Å². The summed E-state index contributed by atoms with van der Waals surface area (Å²) in [4.78, 5) is 27.7. The van der Waals surface area contributed by atoms with Gasteiger partial charge in [0.15, 0.2) is 5.65 Å². The molecule has 0 spiro atoms. The van der Waals surface area contributed by atoms with Crippen molar-refractivity contribution < 1.29 is 10.2 Å². The molecule has 0 aliphatic carbocycles. The molecule has 0 atom stereocenters. The Morgan fingerprint density at radius 3 is 2.70 bits per heavy atom. The van der Waals surface area contributed by atoms with Crippen molar-refractivity contribution in [3.63, 3.8) is 0 Å². The first-order valence-electron chi connectivity index (χ1n) is 10.7. The number of hydrogen-bond donors (Lipinski definition) is 4. The maximum Gasteiger partial charge on any atom is 0.356 e. The molecule has 0 fully saturated rings. The second-order valence-corrected chi connectivity index (χ2v) is 7.90. The van der Waals surface area contributed by atoms with Gasteiger partial charge in [0.05, 0.1) is 5.39 Å². The van der Waals surface area contributed by atoms with Gasteiger partial charge in [-0.05, 0) is 48.7 Å². The molecule has 3 heterocycles. The van der Waals surface area contributed by atoms with Crippen molar-refractivity contribution in [1.82, 2.24) is 19.5 Å². The van der Waals surface area contributed by atoms with E-state index in [0.717, 1.165) is 36.2 Å². The number of para-hydroxylation sites is 1. The van der Waals surface area contributed by atoms with Crippen LogP contribution in [0, 0.1) is 0 Å². The quantitative estimate of drug-likeness (QED) is 0.365. The van der Waals surface area contributed by atoms with Crippen LogP contribution in [-0.4, -0.2) is 42.8 Å². The van der Waals surface area contributed by atoms with Crippen molar-refractivity contribution in [2.45, 2.75) is 19.8 Å². The Balaban J connectivity index is 1.50. The fraction of sp³-hybridized carbons (Fsp3) is 0.217. The van der Waals surface area contributed by atoms with Crippen LogP contribution in [-0.2, 0) is 6.42 Å². The molecule has 4 aromatic rings. The highest BCUT2D eigenvalue weighted by Gasteiger charge is 2.20. The molecule has 2 aromatic carbocycles. The van der Waals surface area contributed by atoms with Crippen LogP contribution in [0.2, 0.25) is 0 Å². The number of anilines is 4. The molecule has 0 amide bonds. The molecule has 1 aliphatic heterocycles. The molecule has 0 saturated carbocycles. The second-order valence-electron chi connectivity index (χ2n) is 7.90. The molecule has 10 nitrogen and oxygen atoms in total. The molecule has 0 unspecified atom stereocenters. The summed E-state index contributed by atoms with van der Waals surface area (Å²) in [6.45, 7) is 4.23. The number of nitrogens with zero attached hydrogens (tertiary/aromatic N) is 5. The van der Waals surface area contributed by atoms with Crippen molar-refractivity contribution in [3.8, 4) is 17.2 Å². The zero-order valence-electron chi connectivity index (χ0n) is 18.0. The summed E-state index contributed by atoms with van der Waals surface area (Å²) < 4.78 is 0.937. The molecule has 2 aromatic heterocycles. The van der Waals surface area contributed by atoms with Gasteiger partial charge in [-0.15, -0.1) is 0 Å². The van der Waals surface area contributed by atoms with E-state index in [4.69, 9.17) is 5.73 Å². The predicted octanol–water partition coefficient (Wildman–Crippen LogP) is 2.69. The first-order chi connectivity index (χ1) is 16.0. The number of benzene rings is 2. The average molecular weight is 445 g/mol. The summed E-state index contributed by atoms with van der Waals surface area (Å²) >= 11 is 0. The van der Waals surface area contributed by atoms with Gasteiger partial charge in [-0.25, -0.2) is 14.3 Å². The van der Waals surface area contributed by atoms with Crippen LogP contribution < -0.4 is 21.6 Å². The van der Waals surface area contributed by atoms with Crippen molar-refractivity contribution in [3.05, 3.63) is 58.6 Å². The van der Waals surface area contributed by atoms with Crippen LogP contribution >= 0.6 is 0 Å². The first kappa shape index (κ1) is 20.6. The summed E-state index contributed by atoms with van der Waals surface area (Å²) in [5.41, 5.74) is 8.73. The third-order valence-electron chi connectivity index (χ3n) is 5.72. The molecule has 1 aliphatic rings. The van der Waals surface area contributed by atoms with Crippen LogP contribution in [0.1, 0.15) is 18.9 Å². The molecule has 0 bridgehead atoms. The summed E-state index contributed by atoms with van der Waals surface area (Å²) in [6, 6.07) is 10.3. The van der Waals surface area contributed by atoms with E-state index in [1.807, 2.05) is 6.07 Å². The Kier molecular flexibility index (Phi) is 4.97. The van der Waals surface area contributed by atoms with E-state index in [0.29, 0.717) is 5.39 Å². The number of phenols is 2. The maximum absolute atomic E-state index is 12.7. The van der Waals surface area contributed by atoms with Crippen LogP contribution in [0.4, 0.5) is 23.1 Å². The lowest BCUT2D eigenvalue weighted by atomic mass is 10.1. The van der Waals surface area contributed by atoms with Gasteiger partial charge in [0.2, 0.25) is 5.95 Å². The van der Waals surface area contributed by atoms with E-state index in [-0.39, 0.29) is 34.6 Å². The summed E-state index contributed by atoms with van der Waals surface area (Å²) in [6.07, 6.45) is 3.54. The van der Waals surface area contributed by atoms with Gasteiger partial charge in [-0.1, -0.05) is 13.0 Å². The van der Waals surface area contributed by atoms with Gasteiger partial charge in [0, 0.05) is 30.7 Å². The lowest BCUT2D eigenvalue weighted by Gasteiger charge is -2.18. The normalized spacial score (nSPS) is 12.8. The molecule has 5 rings (SSSR count). The Bertz CT molecular complexity index is 1410. The molecular formula is C23H23N7O3. The zero-order valence-corrected chi connectivity index (χ0v) is 18.0. The minimum Gasteiger partial charge on any atom is -0.506 e. The highest BCUT2D eigenvalue weighted by Crippen LogP contribution is 2.33. The molecule has 168 valence electrons. The van der Waals surface area contributed by atoms with E-state index in [1.54, 1.807) is 0 Å². The van der Waals surface area contributed by atoms with E-state index < -0.39 is 5.69 Å². The topological polar surface area (TPSA) is 142 Å². The molecule has 0 saturated heterocycles. The Morgan fingerprint density at radius 1 is 1.15 bits per heavy atom. The number of fused-ring (bicyclic) bond motifs is 2. The standard InChI is InChI=1S/C23H23N7O3/c1-2-9-29-10-8-13-11-14(6-7-16(13)29)26-22-25-12-15-20(24)30(23(33)28-21(15)27-22)19-17(31)4-3-5-18(19)32/h3-7,11-12,31-32H,2,8-10,24H2,1H3,(H,26,27,28,33). The van der Waals surface area contributed by atoms with Gasteiger partial charge in [0.25, 0.3) is 0 Å². The Hall–Kier alpha value is -4.34. The fourth-order valence-electron chi connectivity index (χ4n) is 4.21. The number of nitrogen functional groups attached to an aromatic ring is 1. The zero-order chi connectivity index (χ0) is 23.1. The van der Waals surface area contributed by atoms with Gasteiger partial charge < -0.3 is 26.2 Å². The number of nitrogens with one attached hydrogen (secondary N) is 1. The molecular weight excluding hydrogens is 422 g/mol. The maximum atomic E-state index is 12.7. The lowest BCUT2D eigenvalue weighted by molar-refractivity contribution is 0.445. The molecule has 5 N–H and O–H groups in total. The monoisotopic (exact) mass is 445 g/mol. The third-order valence-corrected chi connectivity index (χ3v) is 5.72. The van der Waals surface area contributed by atoms with Gasteiger partial charge in [-0.2, -0.15) is 9.97 Å². The predicted molar refractivity (Wildman–Crippen MR) is 127 cm³/mol. The summed E-state index contributed by atoms with van der Waals surface area (Å²) in [7, 11) is 0. The third kappa shape index (κ3) is 3.55. The minimum atomic E-state index is -0.782. The first-order valence-corrected chi connectivity index (χ1v) is 10.7. The summed E-state index contributed by atoms with van der Waals surface area (Å²) in [5.74, 6) is -0.376. The van der Waals surface area contributed by atoms with Gasteiger partial charge in [-0.3, -0.25) is 0 Å². The SMILES string of the molecule is CCCN1CCc2cc(Nc3ncc4c(N)n(-c5c(O)cccc5O)c(=O)nc4n3)ccc21. The number of aromatic nitrogens is 4. The highest BCUT2D eigenvalue weighted by atomic mass is 16.3. The van der Waals surface area contributed by atoms with Gasteiger partial charge in [0.1, 0.15) is 23.0 Å². The van der Waals surface area contributed by atoms with Crippen LogP contribution in [0.15, 0.2) is 47.4 Å². The lowest BCUT2D eigenvalue weighted by Crippen LogP contribution is -2.25. The Labute approximate surface area is 189 Å². The van der Waals surface area contributed by atoms with Crippen molar-refractivity contribution in [2.75, 3.05) is 29.0 Å². The van der Waals surface area contributed by atoms with E-state index in [9.17, 15) is 15.0 Å². The van der Waals surface area contributed by atoms with Crippen LogP contribution in [0.25, 0.3) is 16.7 Å². The number of nitrogens with two attached hydrogens (primary N) is 1. The molecule has 0 radical (unpaired) electrons. The van der Waals surface area contributed by atoms with Crippen molar-refractivity contribution in [2.24, 2.45) is 0 Å². The Morgan fingerprint density at radius 2 is 1.94 bits per heavy atom. The number of phenolic OH excluding ortho intramolecular Hbond substituents is 2. The fourth-order valence-corrected chi connectivity index (χ4v) is 4.21. The number of hydrogen-bond acceptors (Lipinski definition) is 9. The van der Waals surface area contributed by atoms with Gasteiger partial charge >= 0.3 is 5.69 Å². The van der Waals surface area contributed by atoms with E-state index >= 15 is 0 Å². The minimum absolute atomic E-state index is 0.0399. The largest absolute Gasteiger partial charge is 0.506 e. The van der Waals surface area contributed by atoms with Crippen LogP contribution in [0.5, 0.6) is 11.5 Å². The summed E-state index contributed by atoms with van der Waals surface area (Å²) in [5, 5.41) is 23.8. The van der Waals surface area contributed by atoms with E-state index in [2.05, 4.69) is 44.2 Å².